The van der Waals surface area contributed by atoms with Gasteiger partial charge in [0.1, 0.15) is 11.4 Å². The zero-order valence-electron chi connectivity index (χ0n) is 8.30. The van der Waals surface area contributed by atoms with Crippen molar-refractivity contribution in [3.8, 4) is 5.69 Å². The maximum absolute atomic E-state index is 13.7. The van der Waals surface area contributed by atoms with Gasteiger partial charge >= 0.3 is 0 Å². The summed E-state index contributed by atoms with van der Waals surface area (Å²) in [5.41, 5.74) is 3.97. The van der Waals surface area contributed by atoms with Crippen molar-refractivity contribution in [2.24, 2.45) is 0 Å². The molecule has 6 nitrogen and oxygen atoms in total. The van der Waals surface area contributed by atoms with E-state index in [0.29, 0.717) is 0 Å². The quantitative estimate of drug-likeness (QED) is 0.491. The summed E-state index contributed by atoms with van der Waals surface area (Å²) in [5, 5.41) is 14.0. The van der Waals surface area contributed by atoms with E-state index in [-0.39, 0.29) is 5.69 Å². The smallest absolute Gasteiger partial charge is 0.295 e. The highest BCUT2D eigenvalue weighted by atomic mass is 19.1. The van der Waals surface area contributed by atoms with Crippen LogP contribution in [0.25, 0.3) is 5.69 Å². The molecule has 8 heteroatoms. The van der Waals surface area contributed by atoms with E-state index < -0.39 is 27.9 Å². The third-order valence-electron chi connectivity index (χ3n) is 2.13. The summed E-state index contributed by atoms with van der Waals surface area (Å²) < 4.78 is 27.3. The zero-order valence-corrected chi connectivity index (χ0v) is 8.30. The van der Waals surface area contributed by atoms with Crippen LogP contribution in [0.1, 0.15) is 0 Å². The zero-order chi connectivity index (χ0) is 12.6. The normalized spacial score (nSPS) is 10.5. The maximum Gasteiger partial charge on any atom is 0.295 e. The Kier molecular flexibility index (Phi) is 2.47. The Bertz CT molecular complexity index is 597. The minimum Gasteiger partial charge on any atom is -0.391 e. The van der Waals surface area contributed by atoms with Gasteiger partial charge in [-0.25, -0.2) is 13.5 Å². The first-order valence-electron chi connectivity index (χ1n) is 4.43. The van der Waals surface area contributed by atoms with Gasteiger partial charge in [-0.05, 0) is 6.07 Å². The van der Waals surface area contributed by atoms with Crippen LogP contribution in [0.15, 0.2) is 24.5 Å². The molecular weight excluding hydrogens is 234 g/mol. The lowest BCUT2D eigenvalue weighted by molar-refractivity contribution is -0.384. The Balaban J connectivity index is 2.58. The Labute approximate surface area is 93.4 Å². The lowest BCUT2D eigenvalue weighted by Crippen LogP contribution is -2.04. The van der Waals surface area contributed by atoms with E-state index in [1.807, 2.05) is 0 Å². The second-order valence-electron chi connectivity index (χ2n) is 3.19. The van der Waals surface area contributed by atoms with Crippen LogP contribution in [-0.2, 0) is 0 Å². The molecule has 2 aromatic rings. The Morgan fingerprint density at radius 2 is 2.12 bits per heavy atom. The number of hydrogen-bond acceptors (Lipinski definition) is 4. The van der Waals surface area contributed by atoms with E-state index in [2.05, 4.69) is 5.10 Å². The standard InChI is InChI=1S/C9H6F2N4O2/c10-5-3-13-14(4-5)6-1-2-7(15(16)17)9(12)8(6)11/h1-4H,12H2. The summed E-state index contributed by atoms with van der Waals surface area (Å²) >= 11 is 0. The molecule has 0 amide bonds. The summed E-state index contributed by atoms with van der Waals surface area (Å²) in [7, 11) is 0. The second kappa shape index (κ2) is 3.81. The number of anilines is 1. The number of nitrogens with two attached hydrogens (primary N) is 1. The van der Waals surface area contributed by atoms with Crippen LogP contribution in [0.5, 0.6) is 0 Å². The maximum atomic E-state index is 13.7. The molecule has 88 valence electrons. The van der Waals surface area contributed by atoms with Crippen molar-refractivity contribution in [2.75, 3.05) is 5.73 Å². The lowest BCUT2D eigenvalue weighted by atomic mass is 10.2. The van der Waals surface area contributed by atoms with Crippen molar-refractivity contribution in [3.63, 3.8) is 0 Å². The third-order valence-corrected chi connectivity index (χ3v) is 2.13. The Morgan fingerprint density at radius 3 is 2.65 bits per heavy atom. The molecule has 1 aromatic carbocycles. The monoisotopic (exact) mass is 240 g/mol. The highest BCUT2D eigenvalue weighted by Gasteiger charge is 2.19. The largest absolute Gasteiger partial charge is 0.391 e. The van der Waals surface area contributed by atoms with Crippen molar-refractivity contribution >= 4 is 11.4 Å². The molecule has 17 heavy (non-hydrogen) atoms. The van der Waals surface area contributed by atoms with E-state index in [1.54, 1.807) is 0 Å². The summed E-state index contributed by atoms with van der Waals surface area (Å²) in [4.78, 5) is 9.70. The highest BCUT2D eigenvalue weighted by molar-refractivity contribution is 5.63. The van der Waals surface area contributed by atoms with Gasteiger partial charge in [-0.2, -0.15) is 5.10 Å². The topological polar surface area (TPSA) is 87.0 Å². The van der Waals surface area contributed by atoms with Crippen LogP contribution < -0.4 is 5.73 Å². The Hall–Kier alpha value is -2.51. The van der Waals surface area contributed by atoms with Crippen molar-refractivity contribution in [1.82, 2.24) is 9.78 Å². The molecule has 0 unspecified atom stereocenters. The molecule has 2 rings (SSSR count). The van der Waals surface area contributed by atoms with E-state index in [4.69, 9.17) is 5.73 Å². The number of nitrogen functional groups attached to an aromatic ring is 1. The van der Waals surface area contributed by atoms with Crippen LogP contribution in [0, 0.1) is 21.7 Å². The average Bonchev–Trinajstić information content (AvgIpc) is 2.68. The summed E-state index contributed by atoms with van der Waals surface area (Å²) in [6.07, 6.45) is 1.82. The molecule has 0 aliphatic heterocycles. The van der Waals surface area contributed by atoms with E-state index in [0.717, 1.165) is 29.2 Å². The molecule has 2 N–H and O–H groups in total. The summed E-state index contributed by atoms with van der Waals surface area (Å²) in [6.45, 7) is 0. The summed E-state index contributed by atoms with van der Waals surface area (Å²) in [6, 6.07) is 2.14. The second-order valence-corrected chi connectivity index (χ2v) is 3.19. The number of nitrogens with zero attached hydrogens (tertiary/aromatic N) is 3. The molecule has 0 saturated heterocycles. The molecular formula is C9H6F2N4O2. The number of nitro groups is 1. The molecule has 0 radical (unpaired) electrons. The number of hydrogen-bond donors (Lipinski definition) is 1. The predicted molar refractivity (Wildman–Crippen MR) is 54.5 cm³/mol. The van der Waals surface area contributed by atoms with Gasteiger partial charge in [0.25, 0.3) is 5.69 Å². The number of rotatable bonds is 2. The molecule has 0 aliphatic rings. The van der Waals surface area contributed by atoms with Crippen LogP contribution in [0.3, 0.4) is 0 Å². The van der Waals surface area contributed by atoms with E-state index in [9.17, 15) is 18.9 Å². The van der Waals surface area contributed by atoms with Crippen LogP contribution in [0.2, 0.25) is 0 Å². The molecule has 0 saturated carbocycles. The number of benzene rings is 1. The first kappa shape index (κ1) is 11.0. The van der Waals surface area contributed by atoms with Gasteiger partial charge in [-0.15, -0.1) is 0 Å². The minimum absolute atomic E-state index is 0.156. The third kappa shape index (κ3) is 1.80. The molecule has 0 aliphatic carbocycles. The molecule has 1 aromatic heterocycles. The summed E-state index contributed by atoms with van der Waals surface area (Å²) in [5.74, 6) is -1.66. The number of halogens is 2. The van der Waals surface area contributed by atoms with Crippen molar-refractivity contribution in [1.29, 1.82) is 0 Å². The fraction of sp³-hybridized carbons (Fsp3) is 0. The van der Waals surface area contributed by atoms with Crippen LogP contribution in [-0.4, -0.2) is 14.7 Å². The average molecular weight is 240 g/mol. The van der Waals surface area contributed by atoms with Crippen molar-refractivity contribution in [2.45, 2.75) is 0 Å². The van der Waals surface area contributed by atoms with Crippen LogP contribution in [0.4, 0.5) is 20.2 Å². The SMILES string of the molecule is Nc1c([N+](=O)[O-])ccc(-n2cc(F)cn2)c1F. The van der Waals surface area contributed by atoms with E-state index in [1.165, 1.54) is 0 Å². The fourth-order valence-corrected chi connectivity index (χ4v) is 1.34. The highest BCUT2D eigenvalue weighted by Crippen LogP contribution is 2.28. The Morgan fingerprint density at radius 1 is 1.41 bits per heavy atom. The predicted octanol–water partition coefficient (Wildman–Crippen LogP) is 1.64. The van der Waals surface area contributed by atoms with Gasteiger partial charge < -0.3 is 5.73 Å². The first-order valence-corrected chi connectivity index (χ1v) is 4.43. The first-order chi connectivity index (χ1) is 8.00. The number of nitro benzene ring substituents is 1. The molecule has 0 fully saturated rings. The van der Waals surface area contributed by atoms with Gasteiger partial charge in [0.05, 0.1) is 17.3 Å². The van der Waals surface area contributed by atoms with Gasteiger partial charge in [-0.3, -0.25) is 10.1 Å². The van der Waals surface area contributed by atoms with Gasteiger partial charge in [0.2, 0.25) is 0 Å². The molecule has 0 bridgehead atoms. The van der Waals surface area contributed by atoms with Crippen molar-refractivity contribution < 1.29 is 13.7 Å². The van der Waals surface area contributed by atoms with E-state index >= 15 is 0 Å². The fourth-order valence-electron chi connectivity index (χ4n) is 1.34. The molecule has 0 atom stereocenters. The lowest BCUT2D eigenvalue weighted by Gasteiger charge is -2.05. The molecule has 1 heterocycles. The van der Waals surface area contributed by atoms with Crippen LogP contribution >= 0.6 is 0 Å². The number of aromatic nitrogens is 2. The minimum atomic E-state index is -1.01. The van der Waals surface area contributed by atoms with Gasteiger partial charge in [0, 0.05) is 6.07 Å². The van der Waals surface area contributed by atoms with Gasteiger partial charge in [-0.1, -0.05) is 0 Å². The van der Waals surface area contributed by atoms with Gasteiger partial charge in [0.15, 0.2) is 11.6 Å². The van der Waals surface area contributed by atoms with Crippen molar-refractivity contribution in [3.05, 3.63) is 46.3 Å². The molecule has 0 spiro atoms.